The smallest absolute Gasteiger partial charge is 0.422 e. The van der Waals surface area contributed by atoms with Crippen molar-refractivity contribution in [1.82, 2.24) is 29.5 Å². The number of hydrogen-bond donors (Lipinski definition) is 0. The van der Waals surface area contributed by atoms with E-state index in [0.717, 1.165) is 12.5 Å². The van der Waals surface area contributed by atoms with Crippen molar-refractivity contribution < 1.29 is 26.4 Å². The van der Waals surface area contributed by atoms with Gasteiger partial charge in [0, 0.05) is 43.4 Å². The van der Waals surface area contributed by atoms with Gasteiger partial charge in [0.05, 0.1) is 0 Å². The van der Waals surface area contributed by atoms with Crippen LogP contribution in [0.25, 0.3) is 28.3 Å². The summed E-state index contributed by atoms with van der Waals surface area (Å²) in [5.41, 5.74) is -0.652. The lowest BCUT2D eigenvalue weighted by atomic mass is 10.1. The highest BCUT2D eigenvalue weighted by molar-refractivity contribution is 5.92. The number of alkyl halides is 5. The van der Waals surface area contributed by atoms with E-state index < -0.39 is 17.8 Å². The van der Waals surface area contributed by atoms with Crippen LogP contribution in [0, 0.1) is 0 Å². The molecule has 0 aliphatic carbocycles. The first kappa shape index (κ1) is 20.5. The summed E-state index contributed by atoms with van der Waals surface area (Å²) in [4.78, 5) is 11.9. The van der Waals surface area contributed by atoms with Crippen LogP contribution in [0.2, 0.25) is 0 Å². The Hall–Kier alpha value is -3.35. The topological polar surface area (TPSA) is 75.6 Å². The number of rotatable bonds is 3. The van der Waals surface area contributed by atoms with Gasteiger partial charge in [0.2, 0.25) is 6.39 Å². The number of nitrogens with zero attached hydrogens (tertiary/aromatic N) is 7. The molecule has 5 rings (SSSR count). The van der Waals surface area contributed by atoms with Gasteiger partial charge in [-0.3, -0.25) is 4.40 Å². The molecule has 0 bridgehead atoms. The summed E-state index contributed by atoms with van der Waals surface area (Å²) in [6, 6.07) is 4.08. The molecule has 8 nitrogen and oxygen atoms in total. The van der Waals surface area contributed by atoms with Crippen LogP contribution in [0.15, 0.2) is 35.2 Å². The first-order valence-corrected chi connectivity index (χ1v) is 9.63. The van der Waals surface area contributed by atoms with Gasteiger partial charge in [-0.05, 0) is 25.2 Å². The molecule has 5 heterocycles. The molecule has 1 saturated heterocycles. The Morgan fingerprint density at radius 2 is 1.75 bits per heavy atom. The maximum atomic E-state index is 14.4. The van der Waals surface area contributed by atoms with Crippen molar-refractivity contribution in [2.45, 2.75) is 12.1 Å². The van der Waals surface area contributed by atoms with Gasteiger partial charge in [-0.15, -0.1) is 10.2 Å². The molecule has 0 N–H and O–H groups in total. The fourth-order valence-electron chi connectivity index (χ4n) is 3.71. The zero-order chi connectivity index (χ0) is 22.7. The summed E-state index contributed by atoms with van der Waals surface area (Å²) in [7, 11) is 1.92. The van der Waals surface area contributed by atoms with E-state index in [1.165, 1.54) is 10.6 Å². The molecule has 0 aromatic carbocycles. The third-order valence-corrected chi connectivity index (χ3v) is 5.48. The number of likely N-dealkylation sites (N-methyl/N-ethyl adjacent to an activating group) is 1. The minimum atomic E-state index is -5.79. The van der Waals surface area contributed by atoms with Gasteiger partial charge in [-0.2, -0.15) is 22.0 Å². The molecule has 1 fully saturated rings. The van der Waals surface area contributed by atoms with Gasteiger partial charge in [0.25, 0.3) is 5.89 Å². The molecule has 4 aromatic heterocycles. The predicted octanol–water partition coefficient (Wildman–Crippen LogP) is 3.34. The summed E-state index contributed by atoms with van der Waals surface area (Å²) in [5.74, 6) is -5.04. The Morgan fingerprint density at radius 1 is 1.00 bits per heavy atom. The molecule has 32 heavy (non-hydrogen) atoms. The molecule has 0 unspecified atom stereocenters. The lowest BCUT2D eigenvalue weighted by Crippen LogP contribution is -2.44. The lowest BCUT2D eigenvalue weighted by molar-refractivity contribution is -0.290. The fourth-order valence-corrected chi connectivity index (χ4v) is 3.71. The van der Waals surface area contributed by atoms with Crippen LogP contribution >= 0.6 is 0 Å². The van der Waals surface area contributed by atoms with Crippen LogP contribution in [0.1, 0.15) is 5.69 Å². The normalized spacial score (nSPS) is 16.4. The SMILES string of the molecule is CN1CCN(c2cc(C(F)(F)C(F)(F)F)nc3c2ccc2nc(-c4nnco4)cn23)CC1. The first-order chi connectivity index (χ1) is 15.1. The molecule has 1 aliphatic rings. The number of hydrogen-bond acceptors (Lipinski definition) is 7. The monoisotopic (exact) mass is 453 g/mol. The predicted molar refractivity (Wildman–Crippen MR) is 103 cm³/mol. The van der Waals surface area contributed by atoms with E-state index in [1.54, 1.807) is 17.0 Å². The van der Waals surface area contributed by atoms with Crippen molar-refractivity contribution in [2.24, 2.45) is 0 Å². The zero-order valence-electron chi connectivity index (χ0n) is 16.6. The second-order valence-electron chi connectivity index (χ2n) is 7.56. The standard InChI is InChI=1S/C19H16F5N7O/c1-29-4-6-30(7-5-29)13-8-14(18(20,21)19(22,23)24)27-16-11(13)2-3-15-26-12(9-31(15)16)17-28-25-10-32-17/h2-3,8-10H,4-7H2,1H3. The quantitative estimate of drug-likeness (QED) is 0.441. The lowest BCUT2D eigenvalue weighted by Gasteiger charge is -2.35. The molecule has 0 spiro atoms. The van der Waals surface area contributed by atoms with Crippen molar-refractivity contribution >= 4 is 22.4 Å². The van der Waals surface area contributed by atoms with Gasteiger partial charge >= 0.3 is 12.1 Å². The van der Waals surface area contributed by atoms with E-state index in [2.05, 4.69) is 25.1 Å². The number of fused-ring (bicyclic) bond motifs is 3. The second kappa shape index (κ2) is 7.08. The van der Waals surface area contributed by atoms with E-state index in [0.29, 0.717) is 31.6 Å². The van der Waals surface area contributed by atoms with Crippen molar-refractivity contribution in [1.29, 1.82) is 0 Å². The Morgan fingerprint density at radius 3 is 2.41 bits per heavy atom. The van der Waals surface area contributed by atoms with Crippen LogP contribution in [-0.4, -0.2) is 68.9 Å². The number of pyridine rings is 2. The molecular weight excluding hydrogens is 437 g/mol. The summed E-state index contributed by atoms with van der Waals surface area (Å²) in [5, 5.41) is 7.75. The molecular formula is C19H16F5N7O. The first-order valence-electron chi connectivity index (χ1n) is 9.63. The summed E-state index contributed by atoms with van der Waals surface area (Å²) in [6.45, 7) is 2.23. The van der Waals surface area contributed by atoms with E-state index in [1.807, 2.05) is 7.05 Å². The molecule has 0 amide bonds. The van der Waals surface area contributed by atoms with Crippen LogP contribution in [0.5, 0.6) is 0 Å². The summed E-state index contributed by atoms with van der Waals surface area (Å²) < 4.78 is 74.8. The summed E-state index contributed by atoms with van der Waals surface area (Å²) in [6.07, 6.45) is -3.27. The van der Waals surface area contributed by atoms with Gasteiger partial charge in [0.15, 0.2) is 0 Å². The van der Waals surface area contributed by atoms with Crippen molar-refractivity contribution in [3.05, 3.63) is 36.5 Å². The molecule has 0 radical (unpaired) electrons. The Kier molecular flexibility index (Phi) is 4.55. The number of anilines is 1. The van der Waals surface area contributed by atoms with Crippen molar-refractivity contribution in [3.63, 3.8) is 0 Å². The molecule has 1 aliphatic heterocycles. The van der Waals surface area contributed by atoms with Gasteiger partial charge < -0.3 is 14.2 Å². The Bertz CT molecular complexity index is 1280. The maximum absolute atomic E-state index is 14.4. The molecule has 0 atom stereocenters. The highest BCUT2D eigenvalue weighted by atomic mass is 19.4. The largest absolute Gasteiger partial charge is 0.459 e. The van der Waals surface area contributed by atoms with Crippen LogP contribution in [0.3, 0.4) is 0 Å². The van der Waals surface area contributed by atoms with E-state index in [4.69, 9.17) is 4.42 Å². The zero-order valence-corrected chi connectivity index (χ0v) is 16.6. The summed E-state index contributed by atoms with van der Waals surface area (Å²) >= 11 is 0. The van der Waals surface area contributed by atoms with Crippen LogP contribution in [-0.2, 0) is 5.92 Å². The molecule has 0 saturated carbocycles. The number of halogens is 5. The van der Waals surface area contributed by atoms with Crippen molar-refractivity contribution in [2.75, 3.05) is 38.1 Å². The second-order valence-corrected chi connectivity index (χ2v) is 7.56. The van der Waals surface area contributed by atoms with Gasteiger partial charge in [-0.1, -0.05) is 0 Å². The minimum absolute atomic E-state index is 0.0730. The van der Waals surface area contributed by atoms with Gasteiger partial charge in [-0.25, -0.2) is 9.97 Å². The number of piperazine rings is 1. The third-order valence-electron chi connectivity index (χ3n) is 5.48. The van der Waals surface area contributed by atoms with Crippen LogP contribution in [0.4, 0.5) is 27.6 Å². The minimum Gasteiger partial charge on any atom is -0.422 e. The number of imidazole rings is 1. The molecule has 4 aromatic rings. The Labute approximate surface area is 177 Å². The highest BCUT2D eigenvalue weighted by Gasteiger charge is 2.60. The number of aromatic nitrogens is 5. The fraction of sp³-hybridized carbons (Fsp3) is 0.368. The highest BCUT2D eigenvalue weighted by Crippen LogP contribution is 2.45. The average molecular weight is 453 g/mol. The van der Waals surface area contributed by atoms with E-state index >= 15 is 0 Å². The van der Waals surface area contributed by atoms with E-state index in [9.17, 15) is 22.0 Å². The van der Waals surface area contributed by atoms with Gasteiger partial charge in [0.1, 0.15) is 22.7 Å². The average Bonchev–Trinajstić information content (AvgIpc) is 3.42. The third kappa shape index (κ3) is 3.23. The van der Waals surface area contributed by atoms with Crippen LogP contribution < -0.4 is 4.90 Å². The molecule has 168 valence electrons. The molecule has 13 heteroatoms. The van der Waals surface area contributed by atoms with E-state index in [-0.39, 0.29) is 28.6 Å². The maximum Gasteiger partial charge on any atom is 0.459 e. The van der Waals surface area contributed by atoms with Crippen molar-refractivity contribution in [3.8, 4) is 11.6 Å². The Balaban J connectivity index is 1.76.